The van der Waals surface area contributed by atoms with Crippen molar-refractivity contribution in [2.75, 3.05) is 55.3 Å². The summed E-state index contributed by atoms with van der Waals surface area (Å²) in [5.41, 5.74) is 13.2. The van der Waals surface area contributed by atoms with Crippen LogP contribution in [0.15, 0.2) is 42.6 Å². The molecule has 0 saturated carbocycles. The van der Waals surface area contributed by atoms with Crippen molar-refractivity contribution in [2.24, 2.45) is 23.3 Å². The van der Waals surface area contributed by atoms with E-state index in [9.17, 15) is 28.8 Å². The number of carbonyl (C=O) groups is 6. The summed E-state index contributed by atoms with van der Waals surface area (Å²) in [5.74, 6) is -1.40. The minimum Gasteiger partial charge on any atom is -0.491 e. The maximum absolute atomic E-state index is 14.6. The second-order valence-electron chi connectivity index (χ2n) is 21.2. The molecule has 6 amide bonds. The highest BCUT2D eigenvalue weighted by Crippen LogP contribution is 2.34. The van der Waals surface area contributed by atoms with Gasteiger partial charge >= 0.3 is 12.2 Å². The molecule has 5 aromatic heterocycles. The van der Waals surface area contributed by atoms with Crippen LogP contribution in [-0.2, 0) is 35.7 Å². The molecule has 8 rings (SSSR count). The highest BCUT2D eigenvalue weighted by Gasteiger charge is 2.42. The van der Waals surface area contributed by atoms with Crippen LogP contribution < -0.4 is 32.2 Å². The van der Waals surface area contributed by atoms with E-state index in [1.54, 1.807) is 84.5 Å². The molecule has 6 aromatic rings. The third kappa shape index (κ3) is 12.5. The number of rotatable bonds is 18. The Labute approximate surface area is 444 Å². The number of allylic oxidation sites excluding steroid dienone is 2. The van der Waals surface area contributed by atoms with Gasteiger partial charge in [-0.25, -0.2) is 24.5 Å². The van der Waals surface area contributed by atoms with E-state index in [4.69, 9.17) is 30.7 Å². The number of imidazole rings is 2. The van der Waals surface area contributed by atoms with Crippen LogP contribution in [0.5, 0.6) is 5.75 Å². The summed E-state index contributed by atoms with van der Waals surface area (Å²) >= 11 is 0. The van der Waals surface area contributed by atoms with Gasteiger partial charge < -0.3 is 40.0 Å². The van der Waals surface area contributed by atoms with Crippen LogP contribution in [-0.4, -0.2) is 140 Å². The molecule has 2 aliphatic rings. The first-order valence-corrected chi connectivity index (χ1v) is 25.6. The Kier molecular flexibility index (Phi) is 15.7. The predicted molar refractivity (Wildman–Crippen MR) is 286 cm³/mol. The van der Waals surface area contributed by atoms with Crippen molar-refractivity contribution in [1.29, 1.82) is 0 Å². The first-order valence-electron chi connectivity index (χ1n) is 25.6. The maximum atomic E-state index is 14.6. The second kappa shape index (κ2) is 22.1. The number of nitrogens with zero attached hydrogens (tertiary/aromatic N) is 11. The molecular weight excluding hydrogens is 993 g/mol. The Bertz CT molecular complexity index is 3280. The van der Waals surface area contributed by atoms with Crippen LogP contribution in [0, 0.1) is 25.7 Å². The third-order valence-electron chi connectivity index (χ3n) is 12.9. The number of hydrogen-bond acceptors (Lipinski definition) is 15. The second-order valence-corrected chi connectivity index (χ2v) is 21.2. The van der Waals surface area contributed by atoms with Crippen molar-refractivity contribution >= 4 is 75.6 Å². The number of benzene rings is 1. The van der Waals surface area contributed by atoms with Gasteiger partial charge in [-0.3, -0.25) is 49.1 Å². The van der Waals surface area contributed by atoms with Crippen LogP contribution in [0.3, 0.4) is 0 Å². The average Bonchev–Trinajstić information content (AvgIpc) is 4.21. The molecule has 2 aliphatic heterocycles. The largest absolute Gasteiger partial charge is 0.491 e. The minimum atomic E-state index is -0.826. The van der Waals surface area contributed by atoms with Crippen molar-refractivity contribution in [1.82, 2.24) is 53.4 Å². The van der Waals surface area contributed by atoms with Gasteiger partial charge in [-0.15, -0.1) is 0 Å². The molecule has 0 radical (unpaired) electrons. The van der Waals surface area contributed by atoms with Crippen molar-refractivity contribution in [3.8, 4) is 5.75 Å². The van der Waals surface area contributed by atoms with Crippen LogP contribution in [0.25, 0.3) is 22.2 Å². The third-order valence-corrected chi connectivity index (χ3v) is 12.9. The lowest BCUT2D eigenvalue weighted by molar-refractivity contribution is 0.0273. The fourth-order valence-electron chi connectivity index (χ4n) is 9.64. The zero-order valence-electron chi connectivity index (χ0n) is 45.2. The molecule has 7 N–H and O–H groups in total. The van der Waals surface area contributed by atoms with E-state index in [-0.39, 0.29) is 78.0 Å². The Morgan fingerprint density at radius 2 is 1.34 bits per heavy atom. The SMILES string of the molecule is CCn1nc(C)cc1C(=O)Nc1nc2cc(C(N)=O)cnc2n1C/C=C/Cn1c(NC(=O)c2c(NC(=O)OC(C)(C)C)c(C)nn2CC)nc2cc(C(N)=O)cc(OCCCN3C[C@@H]4CN(C(=O)OC(C)(C)C)C[C@@H]4C3)c21. The summed E-state index contributed by atoms with van der Waals surface area (Å²) in [6.07, 6.45) is 4.49. The molecule has 0 unspecified atom stereocenters. The number of nitrogens with two attached hydrogens (primary N) is 2. The summed E-state index contributed by atoms with van der Waals surface area (Å²) in [6, 6.07) is 6.23. The predicted octanol–water partition coefficient (Wildman–Crippen LogP) is 5.70. The number of primary amides is 2. The van der Waals surface area contributed by atoms with Gasteiger partial charge in [0.05, 0.1) is 34.8 Å². The Morgan fingerprint density at radius 1 is 0.727 bits per heavy atom. The summed E-state index contributed by atoms with van der Waals surface area (Å²) in [7, 11) is 0. The highest BCUT2D eigenvalue weighted by molar-refractivity contribution is 6.09. The van der Waals surface area contributed by atoms with E-state index in [1.165, 1.54) is 23.0 Å². The van der Waals surface area contributed by atoms with Gasteiger partial charge in [-0.2, -0.15) is 10.2 Å². The molecular formula is C52H68N16O9. The number of pyridine rings is 1. The lowest BCUT2D eigenvalue weighted by Crippen LogP contribution is -2.37. The van der Waals surface area contributed by atoms with Crippen molar-refractivity contribution in [3.05, 3.63) is 76.5 Å². The fraction of sp³-hybridized carbons (Fsp3) is 0.481. The van der Waals surface area contributed by atoms with Gasteiger partial charge in [0.25, 0.3) is 11.8 Å². The first-order chi connectivity index (χ1) is 36.4. The van der Waals surface area contributed by atoms with E-state index in [0.717, 1.165) is 19.6 Å². The van der Waals surface area contributed by atoms with E-state index in [2.05, 4.69) is 41.0 Å². The fourth-order valence-corrected chi connectivity index (χ4v) is 9.64. The molecule has 410 valence electrons. The molecule has 25 heteroatoms. The van der Waals surface area contributed by atoms with Gasteiger partial charge in [0, 0.05) is 70.7 Å². The number of amides is 6. The van der Waals surface area contributed by atoms with E-state index >= 15 is 0 Å². The Morgan fingerprint density at radius 3 is 1.97 bits per heavy atom. The Hall–Kier alpha value is -8.35. The number of likely N-dealkylation sites (tertiary alicyclic amines) is 2. The number of aromatic nitrogens is 9. The maximum Gasteiger partial charge on any atom is 0.412 e. The van der Waals surface area contributed by atoms with E-state index in [0.29, 0.717) is 71.7 Å². The molecule has 0 spiro atoms. The van der Waals surface area contributed by atoms with Crippen LogP contribution in [0.4, 0.5) is 27.2 Å². The van der Waals surface area contributed by atoms with Crippen molar-refractivity contribution in [3.63, 3.8) is 0 Å². The number of anilines is 3. The van der Waals surface area contributed by atoms with E-state index in [1.807, 2.05) is 27.7 Å². The van der Waals surface area contributed by atoms with Gasteiger partial charge in [0.15, 0.2) is 11.3 Å². The quantitative estimate of drug-likeness (QED) is 0.0509. The molecule has 2 atom stereocenters. The summed E-state index contributed by atoms with van der Waals surface area (Å²) in [4.78, 5) is 97.3. The number of nitrogens with one attached hydrogen (secondary N) is 3. The highest BCUT2D eigenvalue weighted by atomic mass is 16.6. The number of fused-ring (bicyclic) bond motifs is 3. The summed E-state index contributed by atoms with van der Waals surface area (Å²) in [5, 5.41) is 17.4. The van der Waals surface area contributed by atoms with Gasteiger partial charge in [0.2, 0.25) is 23.7 Å². The lowest BCUT2D eigenvalue weighted by atomic mass is 10.0. The van der Waals surface area contributed by atoms with Crippen LogP contribution in [0.1, 0.15) is 115 Å². The molecule has 25 nitrogen and oxygen atoms in total. The van der Waals surface area contributed by atoms with Gasteiger partial charge in [-0.05, 0) is 112 Å². The number of carbonyl (C=O) groups excluding carboxylic acids is 6. The minimum absolute atomic E-state index is 0.0357. The van der Waals surface area contributed by atoms with E-state index < -0.39 is 40.9 Å². The molecule has 0 aliphatic carbocycles. The topological polar surface area (TPSA) is 309 Å². The molecule has 2 fully saturated rings. The zero-order chi connectivity index (χ0) is 55.7. The van der Waals surface area contributed by atoms with Crippen molar-refractivity contribution < 1.29 is 43.0 Å². The smallest absolute Gasteiger partial charge is 0.412 e. The normalized spacial score (nSPS) is 15.8. The number of hydrogen-bond donors (Lipinski definition) is 5. The lowest BCUT2D eigenvalue weighted by Gasteiger charge is -2.26. The summed E-state index contributed by atoms with van der Waals surface area (Å²) in [6.45, 7) is 22.7. The van der Waals surface area contributed by atoms with Gasteiger partial charge in [0.1, 0.15) is 33.7 Å². The Balaban J connectivity index is 1.10. The van der Waals surface area contributed by atoms with Gasteiger partial charge in [-0.1, -0.05) is 12.2 Å². The molecule has 2 saturated heterocycles. The zero-order valence-corrected chi connectivity index (χ0v) is 45.2. The average molecular weight is 1060 g/mol. The standard InChI is InChI=1S/C52H68N16O9/c1-11-67-37(20-29(3)61-67)45(71)59-48-57-36-22-32(43(54)70)24-55-44(36)66(48)18-14-13-17-65-40-35(56-47(65)60-46(72)41-39(30(4)62-68(41)12-2)58-49(73)76-51(5,6)7)21-31(42(53)69)23-38(40)75-19-15-16-63-25-33-27-64(28-34(33)26-63)50(74)77-52(8,9)10/h13-14,20-24,33-34H,11-12,15-19,25-28H2,1-10H3,(H2,53,69)(H2,54,70)(H,58,73)(H,56,60,72)(H,57,59,71)/b14-13+/t33-,34+. The molecule has 77 heavy (non-hydrogen) atoms. The van der Waals surface area contributed by atoms with Crippen LogP contribution >= 0.6 is 0 Å². The summed E-state index contributed by atoms with van der Waals surface area (Å²) < 4.78 is 24.1. The monoisotopic (exact) mass is 1060 g/mol. The number of ether oxygens (including phenoxy) is 3. The molecule has 7 heterocycles. The van der Waals surface area contributed by atoms with Crippen molar-refractivity contribution in [2.45, 2.75) is 113 Å². The number of aryl methyl sites for hydroxylation is 4. The van der Waals surface area contributed by atoms with Crippen LogP contribution in [0.2, 0.25) is 0 Å². The molecule has 1 aromatic carbocycles. The first kappa shape index (κ1) is 54.9. The molecule has 0 bridgehead atoms.